The summed E-state index contributed by atoms with van der Waals surface area (Å²) in [7, 11) is 0. The first-order valence-electron chi connectivity index (χ1n) is 7.66. The monoisotopic (exact) mass is 295 g/mol. The van der Waals surface area contributed by atoms with Crippen LogP contribution in [0.4, 0.5) is 5.69 Å². The molecule has 114 valence electrons. The first-order valence-corrected chi connectivity index (χ1v) is 7.66. The minimum absolute atomic E-state index is 0.523. The highest BCUT2D eigenvalue weighted by atomic mass is 15.3. The number of aromatic nitrogens is 2. The van der Waals surface area contributed by atoms with E-state index in [1.807, 2.05) is 22.9 Å². The van der Waals surface area contributed by atoms with E-state index in [-0.39, 0.29) is 0 Å². The maximum Gasteiger partial charge on any atom is 0.0867 e. The third kappa shape index (κ3) is 2.70. The Bertz CT molecular complexity index is 675. The van der Waals surface area contributed by atoms with Crippen molar-refractivity contribution in [1.29, 1.82) is 5.26 Å². The molecule has 2 aromatic rings. The minimum atomic E-state index is 0.523. The average molecular weight is 295 g/mol. The number of benzene rings is 1. The molecular formula is C17H21N5. The molecule has 3 rings (SSSR count). The molecule has 0 amide bonds. The molecule has 1 fully saturated rings. The second-order valence-electron chi connectivity index (χ2n) is 5.69. The second-order valence-corrected chi connectivity index (χ2v) is 5.69. The van der Waals surface area contributed by atoms with Crippen LogP contribution in [0.5, 0.6) is 0 Å². The summed E-state index contributed by atoms with van der Waals surface area (Å²) in [6.45, 7) is 8.49. The molecule has 1 aromatic heterocycles. The fraction of sp³-hybridized carbons (Fsp3) is 0.412. The summed E-state index contributed by atoms with van der Waals surface area (Å²) in [5, 5.41) is 13.5. The van der Waals surface area contributed by atoms with Crippen molar-refractivity contribution >= 4 is 5.69 Å². The number of hydrogen-bond donors (Lipinski definition) is 0. The zero-order valence-electron chi connectivity index (χ0n) is 13.2. The number of nitriles is 1. The van der Waals surface area contributed by atoms with Crippen molar-refractivity contribution in [3.8, 4) is 11.8 Å². The van der Waals surface area contributed by atoms with Crippen molar-refractivity contribution in [3.05, 3.63) is 41.7 Å². The molecule has 0 bridgehead atoms. The number of aryl methyl sites for hydroxylation is 1. The van der Waals surface area contributed by atoms with Gasteiger partial charge in [0.25, 0.3) is 0 Å². The van der Waals surface area contributed by atoms with Gasteiger partial charge in [0.1, 0.15) is 0 Å². The van der Waals surface area contributed by atoms with Crippen molar-refractivity contribution in [3.63, 3.8) is 0 Å². The predicted octanol–water partition coefficient (Wildman–Crippen LogP) is 2.13. The summed E-state index contributed by atoms with van der Waals surface area (Å²) in [6, 6.07) is 12.5. The van der Waals surface area contributed by atoms with Crippen LogP contribution in [-0.2, 0) is 0 Å². The molecule has 5 heteroatoms. The van der Waals surface area contributed by atoms with Gasteiger partial charge >= 0.3 is 0 Å². The third-order valence-electron chi connectivity index (χ3n) is 4.24. The van der Waals surface area contributed by atoms with Crippen LogP contribution in [0.2, 0.25) is 0 Å². The van der Waals surface area contributed by atoms with Crippen LogP contribution in [0.1, 0.15) is 11.4 Å². The van der Waals surface area contributed by atoms with Crippen LogP contribution in [0.3, 0.4) is 0 Å². The lowest BCUT2D eigenvalue weighted by atomic mass is 10.2. The van der Waals surface area contributed by atoms with Crippen molar-refractivity contribution < 1.29 is 0 Å². The molecule has 22 heavy (non-hydrogen) atoms. The third-order valence-corrected chi connectivity index (χ3v) is 4.24. The largest absolute Gasteiger partial charge is 0.366 e. The zero-order chi connectivity index (χ0) is 15.5. The molecule has 0 N–H and O–H groups in total. The zero-order valence-corrected chi connectivity index (χ0v) is 13.2. The fourth-order valence-electron chi connectivity index (χ4n) is 3.14. The molecule has 1 saturated heterocycles. The Morgan fingerprint density at radius 2 is 1.77 bits per heavy atom. The SMILES string of the molecule is Cc1nn(-c2ccccc2)c(C)c1N1CCN(CC#N)CC1. The number of para-hydroxylation sites is 1. The fourth-order valence-corrected chi connectivity index (χ4v) is 3.14. The maximum absolute atomic E-state index is 8.80. The molecule has 1 aromatic carbocycles. The normalized spacial score (nSPS) is 15.8. The Kier molecular flexibility index (Phi) is 4.12. The quantitative estimate of drug-likeness (QED) is 0.814. The van der Waals surface area contributed by atoms with Crippen molar-refractivity contribution in [2.75, 3.05) is 37.6 Å². The second kappa shape index (κ2) is 6.20. The predicted molar refractivity (Wildman–Crippen MR) is 87.3 cm³/mol. The smallest absolute Gasteiger partial charge is 0.0867 e. The number of nitrogens with zero attached hydrogens (tertiary/aromatic N) is 5. The minimum Gasteiger partial charge on any atom is -0.366 e. The van der Waals surface area contributed by atoms with E-state index in [0.29, 0.717) is 6.54 Å². The summed E-state index contributed by atoms with van der Waals surface area (Å²) in [5.41, 5.74) is 4.57. The van der Waals surface area contributed by atoms with Gasteiger partial charge in [-0.25, -0.2) is 4.68 Å². The lowest BCUT2D eigenvalue weighted by Crippen LogP contribution is -2.46. The summed E-state index contributed by atoms with van der Waals surface area (Å²) in [4.78, 5) is 4.59. The van der Waals surface area contributed by atoms with Crippen LogP contribution in [0.25, 0.3) is 5.69 Å². The van der Waals surface area contributed by atoms with Gasteiger partial charge in [-0.2, -0.15) is 10.4 Å². The summed E-state index contributed by atoms with van der Waals surface area (Å²) < 4.78 is 2.02. The Balaban J connectivity index is 1.84. The topological polar surface area (TPSA) is 48.1 Å². The molecule has 1 aliphatic heterocycles. The van der Waals surface area contributed by atoms with Crippen LogP contribution < -0.4 is 4.90 Å². The van der Waals surface area contributed by atoms with Gasteiger partial charge in [-0.05, 0) is 26.0 Å². The van der Waals surface area contributed by atoms with Crippen molar-refractivity contribution in [1.82, 2.24) is 14.7 Å². The average Bonchev–Trinajstić information content (AvgIpc) is 2.84. The lowest BCUT2D eigenvalue weighted by molar-refractivity contribution is 0.287. The van der Waals surface area contributed by atoms with Gasteiger partial charge in [-0.15, -0.1) is 0 Å². The molecule has 0 aliphatic carbocycles. The Morgan fingerprint density at radius 3 is 2.41 bits per heavy atom. The van der Waals surface area contributed by atoms with Gasteiger partial charge in [-0.3, -0.25) is 4.90 Å². The molecule has 0 radical (unpaired) electrons. The Hall–Kier alpha value is -2.32. The number of piperazine rings is 1. The van der Waals surface area contributed by atoms with Crippen molar-refractivity contribution in [2.45, 2.75) is 13.8 Å². The van der Waals surface area contributed by atoms with Crippen LogP contribution >= 0.6 is 0 Å². The summed E-state index contributed by atoms with van der Waals surface area (Å²) in [6.07, 6.45) is 0. The Labute approximate surface area is 131 Å². The van der Waals surface area contributed by atoms with Crippen LogP contribution in [0, 0.1) is 25.2 Å². The summed E-state index contributed by atoms with van der Waals surface area (Å²) >= 11 is 0. The van der Waals surface area contributed by atoms with Crippen LogP contribution in [-0.4, -0.2) is 47.4 Å². The van der Waals surface area contributed by atoms with E-state index in [9.17, 15) is 0 Å². The molecule has 0 saturated carbocycles. The van der Waals surface area contributed by atoms with Gasteiger partial charge in [0, 0.05) is 26.2 Å². The Morgan fingerprint density at radius 1 is 1.09 bits per heavy atom. The molecule has 2 heterocycles. The van der Waals surface area contributed by atoms with Gasteiger partial charge in [0.15, 0.2) is 0 Å². The maximum atomic E-state index is 8.80. The van der Waals surface area contributed by atoms with Gasteiger partial charge in [0.2, 0.25) is 0 Å². The van der Waals surface area contributed by atoms with E-state index in [0.717, 1.165) is 37.6 Å². The number of hydrogen-bond acceptors (Lipinski definition) is 4. The van der Waals surface area contributed by atoms with E-state index in [1.54, 1.807) is 0 Å². The number of anilines is 1. The van der Waals surface area contributed by atoms with E-state index < -0.39 is 0 Å². The molecule has 0 unspecified atom stereocenters. The van der Waals surface area contributed by atoms with Crippen LogP contribution in [0.15, 0.2) is 30.3 Å². The molecule has 0 atom stereocenters. The molecule has 0 spiro atoms. The molecule has 5 nitrogen and oxygen atoms in total. The molecule has 1 aliphatic rings. The number of rotatable bonds is 3. The summed E-state index contributed by atoms with van der Waals surface area (Å²) in [5.74, 6) is 0. The first kappa shape index (κ1) is 14.6. The van der Waals surface area contributed by atoms with Gasteiger partial charge in [-0.1, -0.05) is 18.2 Å². The van der Waals surface area contributed by atoms with Gasteiger partial charge < -0.3 is 4.90 Å². The van der Waals surface area contributed by atoms with Crippen molar-refractivity contribution in [2.24, 2.45) is 0 Å². The van der Waals surface area contributed by atoms with E-state index in [2.05, 4.69) is 41.8 Å². The van der Waals surface area contributed by atoms with E-state index in [4.69, 9.17) is 10.4 Å². The highest BCUT2D eigenvalue weighted by Gasteiger charge is 2.23. The van der Waals surface area contributed by atoms with E-state index >= 15 is 0 Å². The lowest BCUT2D eigenvalue weighted by Gasteiger charge is -2.35. The highest BCUT2D eigenvalue weighted by molar-refractivity contribution is 5.57. The standard InChI is InChI=1S/C17H21N5/c1-14-17(21-12-10-20(9-8-18)11-13-21)15(2)22(19-14)16-6-4-3-5-7-16/h3-7H,9-13H2,1-2H3. The molecular weight excluding hydrogens is 274 g/mol. The van der Waals surface area contributed by atoms with E-state index in [1.165, 1.54) is 11.4 Å². The highest BCUT2D eigenvalue weighted by Crippen LogP contribution is 2.27. The first-order chi connectivity index (χ1) is 10.7. The van der Waals surface area contributed by atoms with Gasteiger partial charge in [0.05, 0.1) is 35.4 Å².